The Morgan fingerprint density at radius 2 is 1.18 bits per heavy atom. The molecule has 0 saturated heterocycles. The van der Waals surface area contributed by atoms with E-state index < -0.39 is 0 Å². The first-order chi connectivity index (χ1) is 16.2. The molecule has 1 aromatic carbocycles. The maximum atomic E-state index is 12.9. The molecule has 3 heteroatoms. The molecule has 0 bridgehead atoms. The Hall–Kier alpha value is -3.07. The van der Waals surface area contributed by atoms with Gasteiger partial charge in [-0.05, 0) is 85.1 Å². The molecule has 0 amide bonds. The standard InChI is InChI=1S/C31H38O3/c1-22(11-8-12-23(2)14-10-16-25(4)21-32)13-9-15-24(3)19-20-27-26(5)30(33)28-17-6-7-18-29(28)31(27)34/h6-7,12-13,16-19,21H,8-11,14-15,20H2,1-5H3/b22-13+,23-12+,24-19+,25-16+. The highest BCUT2D eigenvalue weighted by atomic mass is 16.1. The second-order valence-corrected chi connectivity index (χ2v) is 9.34. The Morgan fingerprint density at radius 3 is 1.71 bits per heavy atom. The van der Waals surface area contributed by atoms with Gasteiger partial charge in [-0.1, -0.05) is 65.3 Å². The average Bonchev–Trinajstić information content (AvgIpc) is 2.82. The third-order valence-electron chi connectivity index (χ3n) is 6.39. The van der Waals surface area contributed by atoms with Crippen molar-refractivity contribution < 1.29 is 14.4 Å². The van der Waals surface area contributed by atoms with Crippen molar-refractivity contribution >= 4 is 17.9 Å². The van der Waals surface area contributed by atoms with Crippen LogP contribution in [0.5, 0.6) is 0 Å². The minimum absolute atomic E-state index is 0.0225. The average molecular weight is 459 g/mol. The lowest BCUT2D eigenvalue weighted by molar-refractivity contribution is -0.104. The molecule has 0 aliphatic heterocycles. The van der Waals surface area contributed by atoms with Crippen LogP contribution in [0.25, 0.3) is 0 Å². The SMILES string of the molecule is CC1=C(C/C=C(\C)CC/C=C(\C)CC/C=C(\C)CC/C=C(\C)C=O)C(=O)c2ccccc2C1=O. The second kappa shape index (κ2) is 13.6. The van der Waals surface area contributed by atoms with E-state index in [1.165, 1.54) is 16.7 Å². The maximum absolute atomic E-state index is 12.9. The van der Waals surface area contributed by atoms with Gasteiger partial charge in [0.25, 0.3) is 0 Å². The maximum Gasteiger partial charge on any atom is 0.190 e. The predicted octanol–water partition coefficient (Wildman–Crippen LogP) is 8.10. The molecule has 0 heterocycles. The van der Waals surface area contributed by atoms with Crippen LogP contribution in [0.15, 0.2) is 82.0 Å². The van der Waals surface area contributed by atoms with Crippen LogP contribution in [0.4, 0.5) is 0 Å². The molecule has 1 aliphatic rings. The molecular formula is C31H38O3. The van der Waals surface area contributed by atoms with Crippen LogP contribution in [0.3, 0.4) is 0 Å². The number of carbonyl (C=O) groups is 3. The quantitative estimate of drug-likeness (QED) is 0.181. The normalized spacial score (nSPS) is 15.7. The van der Waals surface area contributed by atoms with Gasteiger partial charge in [0.15, 0.2) is 11.6 Å². The van der Waals surface area contributed by atoms with E-state index in [2.05, 4.69) is 39.0 Å². The zero-order valence-electron chi connectivity index (χ0n) is 21.4. The smallest absolute Gasteiger partial charge is 0.190 e. The molecule has 34 heavy (non-hydrogen) atoms. The summed E-state index contributed by atoms with van der Waals surface area (Å²) in [6, 6.07) is 7.09. The van der Waals surface area contributed by atoms with E-state index in [1.54, 1.807) is 25.1 Å². The van der Waals surface area contributed by atoms with Crippen LogP contribution in [-0.4, -0.2) is 17.9 Å². The summed E-state index contributed by atoms with van der Waals surface area (Å²) < 4.78 is 0. The summed E-state index contributed by atoms with van der Waals surface area (Å²) in [5.41, 5.74) is 7.01. The molecule has 2 rings (SSSR count). The molecule has 0 atom stereocenters. The van der Waals surface area contributed by atoms with Crippen molar-refractivity contribution in [2.45, 2.75) is 79.6 Å². The number of allylic oxidation sites excluding steroid dienone is 10. The van der Waals surface area contributed by atoms with Crippen molar-refractivity contribution in [3.05, 3.63) is 93.1 Å². The van der Waals surface area contributed by atoms with Crippen LogP contribution < -0.4 is 0 Å². The van der Waals surface area contributed by atoms with Crippen LogP contribution >= 0.6 is 0 Å². The van der Waals surface area contributed by atoms with Gasteiger partial charge in [-0.2, -0.15) is 0 Å². The molecular weight excluding hydrogens is 420 g/mol. The van der Waals surface area contributed by atoms with Crippen molar-refractivity contribution in [3.8, 4) is 0 Å². The minimum atomic E-state index is -0.0355. The van der Waals surface area contributed by atoms with E-state index in [0.717, 1.165) is 50.4 Å². The Bertz CT molecular complexity index is 1070. The Labute approximate surface area is 205 Å². The second-order valence-electron chi connectivity index (χ2n) is 9.34. The van der Waals surface area contributed by atoms with E-state index in [-0.39, 0.29) is 11.6 Å². The van der Waals surface area contributed by atoms with E-state index >= 15 is 0 Å². The molecule has 0 fully saturated rings. The highest BCUT2D eigenvalue weighted by molar-refractivity contribution is 6.26. The lowest BCUT2D eigenvalue weighted by atomic mass is 9.83. The number of ketones is 2. The summed E-state index contributed by atoms with van der Waals surface area (Å²) in [5.74, 6) is -0.0580. The van der Waals surface area contributed by atoms with Gasteiger partial charge in [0.2, 0.25) is 0 Å². The molecule has 180 valence electrons. The van der Waals surface area contributed by atoms with Gasteiger partial charge in [0.05, 0.1) is 0 Å². The van der Waals surface area contributed by atoms with E-state index in [0.29, 0.717) is 28.7 Å². The molecule has 3 nitrogen and oxygen atoms in total. The Morgan fingerprint density at radius 1 is 0.706 bits per heavy atom. The highest BCUT2D eigenvalue weighted by Crippen LogP contribution is 2.28. The minimum Gasteiger partial charge on any atom is -0.298 e. The van der Waals surface area contributed by atoms with Gasteiger partial charge in [-0.25, -0.2) is 0 Å². The van der Waals surface area contributed by atoms with Crippen molar-refractivity contribution in [1.82, 2.24) is 0 Å². The first kappa shape index (κ1) is 27.2. The highest BCUT2D eigenvalue weighted by Gasteiger charge is 2.28. The first-order valence-electron chi connectivity index (χ1n) is 12.2. The van der Waals surface area contributed by atoms with Crippen LogP contribution in [0, 0.1) is 0 Å². The molecule has 0 unspecified atom stereocenters. The van der Waals surface area contributed by atoms with Gasteiger partial charge in [0.1, 0.15) is 6.29 Å². The summed E-state index contributed by atoms with van der Waals surface area (Å²) in [7, 11) is 0. The fraction of sp³-hybridized carbons (Fsp3) is 0.387. The van der Waals surface area contributed by atoms with Crippen molar-refractivity contribution in [2.75, 3.05) is 0 Å². The lowest BCUT2D eigenvalue weighted by Crippen LogP contribution is -2.20. The first-order valence-corrected chi connectivity index (χ1v) is 12.2. The van der Waals surface area contributed by atoms with Gasteiger partial charge in [-0.3, -0.25) is 14.4 Å². The van der Waals surface area contributed by atoms with Gasteiger partial charge in [-0.15, -0.1) is 0 Å². The Kier molecular flexibility index (Phi) is 10.9. The topological polar surface area (TPSA) is 51.2 Å². The van der Waals surface area contributed by atoms with Gasteiger partial charge in [0, 0.05) is 22.3 Å². The fourth-order valence-corrected chi connectivity index (χ4v) is 4.05. The van der Waals surface area contributed by atoms with E-state index in [9.17, 15) is 14.4 Å². The van der Waals surface area contributed by atoms with Crippen LogP contribution in [0.2, 0.25) is 0 Å². The van der Waals surface area contributed by atoms with Gasteiger partial charge >= 0.3 is 0 Å². The zero-order chi connectivity index (χ0) is 25.1. The number of benzene rings is 1. The molecule has 0 aromatic heterocycles. The third-order valence-corrected chi connectivity index (χ3v) is 6.39. The van der Waals surface area contributed by atoms with E-state index in [4.69, 9.17) is 0 Å². The van der Waals surface area contributed by atoms with Crippen molar-refractivity contribution in [3.63, 3.8) is 0 Å². The number of Topliss-reactive ketones (excluding diaryl/α,β-unsaturated/α-hetero) is 2. The number of carbonyl (C=O) groups excluding carboxylic acids is 3. The molecule has 1 aliphatic carbocycles. The summed E-state index contributed by atoms with van der Waals surface area (Å²) >= 11 is 0. The largest absolute Gasteiger partial charge is 0.298 e. The van der Waals surface area contributed by atoms with E-state index in [1.807, 2.05) is 19.1 Å². The number of aldehydes is 1. The third kappa shape index (κ3) is 8.06. The number of fused-ring (bicyclic) bond motifs is 1. The van der Waals surface area contributed by atoms with Crippen molar-refractivity contribution in [1.29, 1.82) is 0 Å². The summed E-state index contributed by atoms with van der Waals surface area (Å²) in [6.45, 7) is 10.0. The molecule has 0 saturated carbocycles. The molecule has 0 spiro atoms. The number of hydrogen-bond acceptors (Lipinski definition) is 3. The van der Waals surface area contributed by atoms with Crippen molar-refractivity contribution in [2.24, 2.45) is 0 Å². The number of hydrogen-bond donors (Lipinski definition) is 0. The zero-order valence-corrected chi connectivity index (χ0v) is 21.4. The van der Waals surface area contributed by atoms with Crippen LogP contribution in [-0.2, 0) is 4.79 Å². The molecule has 0 radical (unpaired) electrons. The monoisotopic (exact) mass is 458 g/mol. The summed E-state index contributed by atoms with van der Waals surface area (Å²) in [6.07, 6.45) is 16.0. The summed E-state index contributed by atoms with van der Waals surface area (Å²) in [5, 5.41) is 0. The number of rotatable bonds is 12. The lowest BCUT2D eigenvalue weighted by Gasteiger charge is -2.18. The predicted molar refractivity (Wildman–Crippen MR) is 141 cm³/mol. The molecule has 0 N–H and O–H groups in total. The van der Waals surface area contributed by atoms with Crippen LogP contribution in [0.1, 0.15) is 100 Å². The summed E-state index contributed by atoms with van der Waals surface area (Å²) in [4.78, 5) is 36.1. The molecule has 1 aromatic rings. The van der Waals surface area contributed by atoms with Gasteiger partial charge < -0.3 is 0 Å². The Balaban J connectivity index is 1.81. The fourth-order valence-electron chi connectivity index (χ4n) is 4.05.